The molecule has 21 heavy (non-hydrogen) atoms. The number of rotatable bonds is 6. The van der Waals surface area contributed by atoms with Gasteiger partial charge in [0.2, 0.25) is 0 Å². The minimum atomic E-state index is -0.539. The van der Waals surface area contributed by atoms with E-state index >= 15 is 0 Å². The van der Waals surface area contributed by atoms with E-state index in [-0.39, 0.29) is 5.91 Å². The van der Waals surface area contributed by atoms with E-state index in [0.29, 0.717) is 18.5 Å². The third kappa shape index (κ3) is 3.95. The molecular weight excluding hydrogens is 266 g/mol. The summed E-state index contributed by atoms with van der Waals surface area (Å²) in [5.41, 5.74) is 1.20. The first-order valence-electron chi connectivity index (χ1n) is 7.04. The Balaban J connectivity index is 2.03. The molecular formula is C17H21NO3. The summed E-state index contributed by atoms with van der Waals surface area (Å²) in [6.45, 7) is 4.12. The van der Waals surface area contributed by atoms with Gasteiger partial charge in [0.15, 0.2) is 0 Å². The molecule has 4 nitrogen and oxygen atoms in total. The largest absolute Gasteiger partial charge is 0.472 e. The number of furan rings is 1. The third-order valence-corrected chi connectivity index (χ3v) is 3.90. The van der Waals surface area contributed by atoms with Gasteiger partial charge in [0.25, 0.3) is 5.91 Å². The van der Waals surface area contributed by atoms with Crippen LogP contribution in [0.5, 0.6) is 0 Å². The lowest BCUT2D eigenvalue weighted by Crippen LogP contribution is -2.43. The van der Waals surface area contributed by atoms with Gasteiger partial charge in [-0.25, -0.2) is 0 Å². The Morgan fingerprint density at radius 1 is 1.33 bits per heavy atom. The summed E-state index contributed by atoms with van der Waals surface area (Å²) < 4.78 is 4.90. The Labute approximate surface area is 124 Å². The molecule has 0 saturated heterocycles. The summed E-state index contributed by atoms with van der Waals surface area (Å²) in [5.74, 6) is -0.191. The molecule has 4 heteroatoms. The lowest BCUT2D eigenvalue weighted by atomic mass is 9.79. The molecule has 0 spiro atoms. The summed E-state index contributed by atoms with van der Waals surface area (Å²) in [6.07, 6.45) is 3.03. The van der Waals surface area contributed by atoms with E-state index in [1.54, 1.807) is 13.0 Å². The highest BCUT2D eigenvalue weighted by molar-refractivity contribution is 5.93. The van der Waals surface area contributed by atoms with Gasteiger partial charge in [0, 0.05) is 12.0 Å². The summed E-state index contributed by atoms with van der Waals surface area (Å²) in [7, 11) is 0. The van der Waals surface area contributed by atoms with E-state index in [4.69, 9.17) is 4.42 Å². The third-order valence-electron chi connectivity index (χ3n) is 3.90. The van der Waals surface area contributed by atoms with Gasteiger partial charge in [-0.1, -0.05) is 37.3 Å². The highest BCUT2D eigenvalue weighted by Crippen LogP contribution is 2.26. The van der Waals surface area contributed by atoms with E-state index in [1.807, 2.05) is 37.3 Å². The number of hydrogen-bond acceptors (Lipinski definition) is 3. The van der Waals surface area contributed by atoms with Gasteiger partial charge in [0.05, 0.1) is 17.9 Å². The number of aliphatic hydroxyl groups excluding tert-OH is 1. The molecule has 0 radical (unpaired) electrons. The zero-order chi connectivity index (χ0) is 15.3. The molecule has 0 aliphatic rings. The van der Waals surface area contributed by atoms with Gasteiger partial charge in [0.1, 0.15) is 6.26 Å². The predicted octanol–water partition coefficient (Wildman–Crippen LogP) is 2.64. The summed E-state index contributed by atoms with van der Waals surface area (Å²) in [4.78, 5) is 12.0. The number of carbonyl (C=O) groups is 1. The van der Waals surface area contributed by atoms with Crippen LogP contribution in [0.4, 0.5) is 0 Å². The molecule has 0 aliphatic carbocycles. The number of benzene rings is 1. The molecule has 2 aromatic rings. The minimum Gasteiger partial charge on any atom is -0.472 e. The van der Waals surface area contributed by atoms with E-state index in [2.05, 4.69) is 5.32 Å². The number of hydrogen-bond donors (Lipinski definition) is 2. The Morgan fingerprint density at radius 2 is 2.05 bits per heavy atom. The average Bonchev–Trinajstić information content (AvgIpc) is 3.00. The molecule has 112 valence electrons. The Kier molecular flexibility index (Phi) is 4.81. The van der Waals surface area contributed by atoms with Crippen LogP contribution in [0.2, 0.25) is 0 Å². The van der Waals surface area contributed by atoms with Crippen LogP contribution in [0.25, 0.3) is 0 Å². The molecule has 2 rings (SSSR count). The van der Waals surface area contributed by atoms with Crippen molar-refractivity contribution in [2.24, 2.45) is 5.41 Å². The van der Waals surface area contributed by atoms with Crippen molar-refractivity contribution in [3.8, 4) is 0 Å². The van der Waals surface area contributed by atoms with Crippen molar-refractivity contribution in [3.05, 3.63) is 60.1 Å². The van der Waals surface area contributed by atoms with Crippen LogP contribution in [-0.4, -0.2) is 23.7 Å². The van der Waals surface area contributed by atoms with Gasteiger partial charge in [-0.2, -0.15) is 0 Å². The Morgan fingerprint density at radius 3 is 2.62 bits per heavy atom. The van der Waals surface area contributed by atoms with Crippen molar-refractivity contribution < 1.29 is 14.3 Å². The summed E-state index contributed by atoms with van der Waals surface area (Å²) in [6, 6.07) is 11.6. The van der Waals surface area contributed by atoms with Crippen LogP contribution in [0, 0.1) is 5.41 Å². The molecule has 1 heterocycles. The highest BCUT2D eigenvalue weighted by Gasteiger charge is 2.31. The normalized spacial score (nSPS) is 15.2. The summed E-state index contributed by atoms with van der Waals surface area (Å²) in [5, 5.41) is 13.0. The topological polar surface area (TPSA) is 62.5 Å². The maximum Gasteiger partial charge on any atom is 0.254 e. The lowest BCUT2D eigenvalue weighted by molar-refractivity contribution is 0.0500. The fourth-order valence-electron chi connectivity index (χ4n) is 2.20. The molecule has 2 unspecified atom stereocenters. The van der Waals surface area contributed by atoms with Crippen LogP contribution in [0.1, 0.15) is 29.8 Å². The van der Waals surface area contributed by atoms with Crippen LogP contribution >= 0.6 is 0 Å². The fourth-order valence-corrected chi connectivity index (χ4v) is 2.20. The maximum atomic E-state index is 12.0. The lowest BCUT2D eigenvalue weighted by Gasteiger charge is -2.33. The second-order valence-corrected chi connectivity index (χ2v) is 5.69. The smallest absolute Gasteiger partial charge is 0.254 e. The SMILES string of the molecule is CC(O)C(C)(CNC(=O)c1ccoc1)Cc1ccccc1. The Bertz CT molecular complexity index is 563. The van der Waals surface area contributed by atoms with Crippen LogP contribution < -0.4 is 5.32 Å². The Hall–Kier alpha value is -2.07. The molecule has 0 aliphatic heterocycles. The first kappa shape index (κ1) is 15.3. The molecule has 0 saturated carbocycles. The van der Waals surface area contributed by atoms with Crippen molar-refractivity contribution in [1.82, 2.24) is 5.32 Å². The zero-order valence-electron chi connectivity index (χ0n) is 12.4. The van der Waals surface area contributed by atoms with E-state index in [0.717, 1.165) is 5.56 Å². The van der Waals surface area contributed by atoms with Crippen molar-refractivity contribution in [1.29, 1.82) is 0 Å². The molecule has 2 atom stereocenters. The minimum absolute atomic E-state index is 0.191. The predicted molar refractivity (Wildman–Crippen MR) is 81.0 cm³/mol. The molecule has 0 fully saturated rings. The average molecular weight is 287 g/mol. The first-order valence-corrected chi connectivity index (χ1v) is 7.04. The molecule has 0 bridgehead atoms. The van der Waals surface area contributed by atoms with E-state index in [1.165, 1.54) is 12.5 Å². The molecule has 1 amide bonds. The quantitative estimate of drug-likeness (QED) is 0.858. The fraction of sp³-hybridized carbons (Fsp3) is 0.353. The van der Waals surface area contributed by atoms with E-state index in [9.17, 15) is 9.90 Å². The maximum absolute atomic E-state index is 12.0. The summed E-state index contributed by atoms with van der Waals surface area (Å²) >= 11 is 0. The first-order chi connectivity index (χ1) is 10.0. The molecule has 1 aromatic heterocycles. The van der Waals surface area contributed by atoms with E-state index < -0.39 is 11.5 Å². The standard InChI is InChI=1S/C17H21NO3/c1-13(19)17(2,10-14-6-4-3-5-7-14)12-18-16(20)15-8-9-21-11-15/h3-9,11,13,19H,10,12H2,1-2H3,(H,18,20). The van der Waals surface area contributed by atoms with Crippen molar-refractivity contribution >= 4 is 5.91 Å². The van der Waals surface area contributed by atoms with Gasteiger partial charge < -0.3 is 14.8 Å². The van der Waals surface area contributed by atoms with Gasteiger partial charge in [-0.3, -0.25) is 4.79 Å². The monoisotopic (exact) mass is 287 g/mol. The second kappa shape index (κ2) is 6.59. The second-order valence-electron chi connectivity index (χ2n) is 5.69. The van der Waals surface area contributed by atoms with Crippen LogP contribution in [0.3, 0.4) is 0 Å². The van der Waals surface area contributed by atoms with Crippen LogP contribution in [0.15, 0.2) is 53.3 Å². The number of nitrogens with one attached hydrogen (secondary N) is 1. The van der Waals surface area contributed by atoms with Crippen molar-refractivity contribution in [3.63, 3.8) is 0 Å². The number of carbonyl (C=O) groups excluding carboxylic acids is 1. The van der Waals surface area contributed by atoms with Gasteiger partial charge >= 0.3 is 0 Å². The number of aliphatic hydroxyl groups is 1. The molecule has 1 aromatic carbocycles. The van der Waals surface area contributed by atoms with Gasteiger partial charge in [-0.15, -0.1) is 0 Å². The zero-order valence-corrected chi connectivity index (χ0v) is 12.4. The number of amides is 1. The van der Waals surface area contributed by atoms with Crippen LogP contribution in [-0.2, 0) is 6.42 Å². The van der Waals surface area contributed by atoms with Crippen molar-refractivity contribution in [2.45, 2.75) is 26.4 Å². The van der Waals surface area contributed by atoms with Gasteiger partial charge in [-0.05, 0) is 25.0 Å². The molecule has 2 N–H and O–H groups in total. The highest BCUT2D eigenvalue weighted by atomic mass is 16.3. The van der Waals surface area contributed by atoms with Crippen molar-refractivity contribution in [2.75, 3.05) is 6.54 Å².